The molecule has 2 aliphatic rings. The summed E-state index contributed by atoms with van der Waals surface area (Å²) in [4.78, 5) is 17.0. The Labute approximate surface area is 112 Å². The Morgan fingerprint density at radius 2 is 1.72 bits per heavy atom. The predicted molar refractivity (Wildman–Crippen MR) is 74.6 cm³/mol. The number of carbonyl (C=O) groups excluding carboxylic acids is 1. The summed E-state index contributed by atoms with van der Waals surface area (Å²) < 4.78 is 0. The Kier molecular flexibility index (Phi) is 3.14. The van der Waals surface area contributed by atoms with E-state index in [0.717, 1.165) is 24.2 Å². The average molecular weight is 260 g/mol. The summed E-state index contributed by atoms with van der Waals surface area (Å²) in [7, 11) is 0. The minimum absolute atomic E-state index is 0.0566. The van der Waals surface area contributed by atoms with Gasteiger partial charge < -0.3 is 0 Å². The molecule has 3 rings (SSSR count). The monoisotopic (exact) mass is 260 g/mol. The Hall–Kier alpha value is -1.26. The molecular formula is C14H16N2OS. The molecule has 0 bridgehead atoms. The van der Waals surface area contributed by atoms with Gasteiger partial charge in [-0.25, -0.2) is 0 Å². The van der Waals surface area contributed by atoms with E-state index in [1.165, 1.54) is 19.3 Å². The van der Waals surface area contributed by atoms with E-state index in [0.29, 0.717) is 11.7 Å². The number of piperidine rings is 1. The zero-order valence-electron chi connectivity index (χ0n) is 10.3. The maximum atomic E-state index is 12.3. The molecule has 2 aliphatic heterocycles. The van der Waals surface area contributed by atoms with Crippen molar-refractivity contribution in [2.24, 2.45) is 0 Å². The lowest BCUT2D eigenvalue weighted by Crippen LogP contribution is -2.43. The molecule has 4 heteroatoms. The molecule has 1 saturated heterocycles. The molecule has 0 aliphatic carbocycles. The fraction of sp³-hybridized carbons (Fsp3) is 0.429. The summed E-state index contributed by atoms with van der Waals surface area (Å²) in [5, 5.41) is 0. The van der Waals surface area contributed by atoms with E-state index in [1.807, 2.05) is 24.3 Å². The van der Waals surface area contributed by atoms with Crippen molar-refractivity contribution in [1.29, 1.82) is 0 Å². The molecule has 3 nitrogen and oxygen atoms in total. The van der Waals surface area contributed by atoms with Crippen molar-refractivity contribution in [1.82, 2.24) is 9.80 Å². The van der Waals surface area contributed by atoms with Crippen LogP contribution in [0.1, 0.15) is 35.2 Å². The number of amides is 1. The molecule has 2 heterocycles. The summed E-state index contributed by atoms with van der Waals surface area (Å²) >= 11 is 5.42. The first-order chi connectivity index (χ1) is 8.77. The van der Waals surface area contributed by atoms with Gasteiger partial charge in [0.15, 0.2) is 0 Å². The number of carbonyl (C=O) groups is 1. The molecule has 0 aromatic heterocycles. The highest BCUT2D eigenvalue weighted by atomic mass is 32.1. The maximum absolute atomic E-state index is 12.3. The molecule has 1 fully saturated rings. The van der Waals surface area contributed by atoms with E-state index in [1.54, 1.807) is 4.90 Å². The van der Waals surface area contributed by atoms with Gasteiger partial charge in [-0.15, -0.1) is 0 Å². The number of hydrogen-bond donors (Lipinski definition) is 0. The fourth-order valence-corrected chi connectivity index (χ4v) is 2.99. The molecule has 0 atom stereocenters. The second-order valence-electron chi connectivity index (χ2n) is 4.90. The van der Waals surface area contributed by atoms with Crippen LogP contribution in [0.4, 0.5) is 0 Å². The zero-order valence-corrected chi connectivity index (χ0v) is 11.1. The van der Waals surface area contributed by atoms with E-state index in [9.17, 15) is 4.79 Å². The van der Waals surface area contributed by atoms with Crippen LogP contribution in [-0.2, 0) is 0 Å². The van der Waals surface area contributed by atoms with Crippen LogP contribution in [0.15, 0.2) is 24.3 Å². The smallest absolute Gasteiger partial charge is 0.260 e. The lowest BCUT2D eigenvalue weighted by Gasteiger charge is -2.30. The van der Waals surface area contributed by atoms with Crippen LogP contribution in [0.3, 0.4) is 0 Å². The van der Waals surface area contributed by atoms with Crippen LogP contribution >= 0.6 is 12.2 Å². The lowest BCUT2D eigenvalue weighted by molar-refractivity contribution is 0.0766. The summed E-state index contributed by atoms with van der Waals surface area (Å²) in [6.07, 6.45) is 3.75. The van der Waals surface area contributed by atoms with Crippen molar-refractivity contribution in [3.63, 3.8) is 0 Å². The molecule has 94 valence electrons. The van der Waals surface area contributed by atoms with E-state index >= 15 is 0 Å². The van der Waals surface area contributed by atoms with Crippen LogP contribution in [-0.4, -0.2) is 40.5 Å². The van der Waals surface area contributed by atoms with Gasteiger partial charge in [0.1, 0.15) is 4.99 Å². The lowest BCUT2D eigenvalue weighted by atomic mass is 10.1. The summed E-state index contributed by atoms with van der Waals surface area (Å²) in [6.45, 7) is 2.79. The Balaban J connectivity index is 1.79. The van der Waals surface area contributed by atoms with E-state index in [-0.39, 0.29) is 5.91 Å². The minimum Gasteiger partial charge on any atom is -0.286 e. The molecule has 0 N–H and O–H groups in total. The van der Waals surface area contributed by atoms with E-state index < -0.39 is 0 Å². The van der Waals surface area contributed by atoms with Crippen molar-refractivity contribution in [3.8, 4) is 0 Å². The molecule has 1 aromatic carbocycles. The highest BCUT2D eigenvalue weighted by Crippen LogP contribution is 2.24. The van der Waals surface area contributed by atoms with E-state index in [2.05, 4.69) is 4.90 Å². The van der Waals surface area contributed by atoms with Gasteiger partial charge in [0.05, 0.1) is 12.2 Å². The van der Waals surface area contributed by atoms with Crippen LogP contribution in [0.25, 0.3) is 0 Å². The fourth-order valence-electron chi connectivity index (χ4n) is 2.67. The van der Waals surface area contributed by atoms with E-state index in [4.69, 9.17) is 12.2 Å². The Morgan fingerprint density at radius 1 is 1.06 bits per heavy atom. The van der Waals surface area contributed by atoms with Crippen molar-refractivity contribution in [3.05, 3.63) is 35.4 Å². The first-order valence-electron chi connectivity index (χ1n) is 6.45. The van der Waals surface area contributed by atoms with Crippen LogP contribution < -0.4 is 0 Å². The number of rotatable bonds is 2. The molecule has 1 amide bonds. The molecule has 0 spiro atoms. The second-order valence-corrected chi connectivity index (χ2v) is 5.29. The van der Waals surface area contributed by atoms with Gasteiger partial charge in [-0.3, -0.25) is 14.6 Å². The largest absolute Gasteiger partial charge is 0.286 e. The van der Waals surface area contributed by atoms with Gasteiger partial charge >= 0.3 is 0 Å². The molecular weight excluding hydrogens is 244 g/mol. The highest BCUT2D eigenvalue weighted by molar-refractivity contribution is 7.80. The summed E-state index contributed by atoms with van der Waals surface area (Å²) in [5.41, 5.74) is 1.66. The van der Waals surface area contributed by atoms with Crippen molar-refractivity contribution in [2.45, 2.75) is 19.3 Å². The quantitative estimate of drug-likeness (QED) is 0.762. The van der Waals surface area contributed by atoms with Crippen LogP contribution in [0.5, 0.6) is 0 Å². The second kappa shape index (κ2) is 4.78. The topological polar surface area (TPSA) is 23.6 Å². The van der Waals surface area contributed by atoms with Gasteiger partial charge in [-0.2, -0.15) is 0 Å². The number of hydrogen-bond acceptors (Lipinski definition) is 3. The third-order valence-electron chi connectivity index (χ3n) is 3.67. The summed E-state index contributed by atoms with van der Waals surface area (Å²) in [6, 6.07) is 7.62. The SMILES string of the molecule is O=C1c2ccccc2C(=S)N1CN1CCCCC1. The normalized spacial score (nSPS) is 20.3. The maximum Gasteiger partial charge on any atom is 0.260 e. The first-order valence-corrected chi connectivity index (χ1v) is 6.86. The Morgan fingerprint density at radius 3 is 2.39 bits per heavy atom. The van der Waals surface area contributed by atoms with Gasteiger partial charge in [-0.05, 0) is 32.0 Å². The predicted octanol–water partition coefficient (Wildman–Crippen LogP) is 2.26. The van der Waals surface area contributed by atoms with Crippen molar-refractivity contribution >= 4 is 23.1 Å². The van der Waals surface area contributed by atoms with Crippen LogP contribution in [0, 0.1) is 0 Å². The number of thiocarbonyl (C=S) groups is 1. The average Bonchev–Trinajstić information content (AvgIpc) is 2.66. The molecule has 0 radical (unpaired) electrons. The molecule has 0 saturated carbocycles. The zero-order chi connectivity index (χ0) is 12.5. The third kappa shape index (κ3) is 1.95. The third-order valence-corrected chi connectivity index (χ3v) is 4.11. The number of nitrogens with zero attached hydrogens (tertiary/aromatic N) is 2. The molecule has 18 heavy (non-hydrogen) atoms. The highest BCUT2D eigenvalue weighted by Gasteiger charge is 2.33. The van der Waals surface area contributed by atoms with Crippen molar-refractivity contribution in [2.75, 3.05) is 19.8 Å². The van der Waals surface area contributed by atoms with Crippen molar-refractivity contribution < 1.29 is 4.79 Å². The number of likely N-dealkylation sites (tertiary alicyclic amines) is 1. The van der Waals surface area contributed by atoms with Crippen LogP contribution in [0.2, 0.25) is 0 Å². The van der Waals surface area contributed by atoms with Gasteiger partial charge in [-0.1, -0.05) is 36.8 Å². The molecule has 0 unspecified atom stereocenters. The first kappa shape index (κ1) is 11.8. The van der Waals surface area contributed by atoms with Gasteiger partial charge in [0.25, 0.3) is 5.91 Å². The standard InChI is InChI=1S/C14H16N2OS/c17-13-11-6-2-3-7-12(11)14(18)16(13)10-15-8-4-1-5-9-15/h2-3,6-7H,1,4-5,8-10H2. The number of benzene rings is 1. The minimum atomic E-state index is 0.0566. The number of fused-ring (bicyclic) bond motifs is 1. The summed E-state index contributed by atoms with van der Waals surface area (Å²) in [5.74, 6) is 0.0566. The van der Waals surface area contributed by atoms with Gasteiger partial charge in [0.2, 0.25) is 0 Å². The Bertz CT molecular complexity index is 459. The van der Waals surface area contributed by atoms with Gasteiger partial charge in [0, 0.05) is 5.56 Å². The molecule has 1 aromatic rings.